The Kier molecular flexibility index (Phi) is 3.52. The summed E-state index contributed by atoms with van der Waals surface area (Å²) in [6, 6.07) is 7.75. The highest BCUT2D eigenvalue weighted by molar-refractivity contribution is 6.31. The van der Waals surface area contributed by atoms with Crippen molar-refractivity contribution < 1.29 is 9.66 Å². The van der Waals surface area contributed by atoms with Crippen LogP contribution in [-0.2, 0) is 0 Å². The van der Waals surface area contributed by atoms with Crippen LogP contribution in [0.15, 0.2) is 30.3 Å². The van der Waals surface area contributed by atoms with Gasteiger partial charge >= 0.3 is 5.69 Å². The highest BCUT2D eigenvalue weighted by atomic mass is 35.5. The Bertz CT molecular complexity index is 646. The molecule has 98 valence electrons. The van der Waals surface area contributed by atoms with Crippen LogP contribution in [0.3, 0.4) is 0 Å². The number of nitrogens with zero attached hydrogens (tertiary/aromatic N) is 2. The second-order valence-electron chi connectivity index (χ2n) is 3.82. The Morgan fingerprint density at radius 1 is 1.37 bits per heavy atom. The van der Waals surface area contributed by atoms with Gasteiger partial charge in [0.05, 0.1) is 4.92 Å². The first-order valence-electron chi connectivity index (χ1n) is 5.32. The maximum atomic E-state index is 10.6. The molecule has 0 spiro atoms. The van der Waals surface area contributed by atoms with Gasteiger partial charge in [0.2, 0.25) is 11.7 Å². The molecule has 19 heavy (non-hydrogen) atoms. The normalized spacial score (nSPS) is 10.2. The number of aryl methyl sites for hydroxylation is 1. The fraction of sp³-hybridized carbons (Fsp3) is 0.0833. The third-order valence-electron chi connectivity index (χ3n) is 2.43. The molecule has 0 saturated heterocycles. The highest BCUT2D eigenvalue weighted by Gasteiger charge is 2.13. The van der Waals surface area contributed by atoms with Crippen LogP contribution < -0.4 is 10.5 Å². The first kappa shape index (κ1) is 13.1. The number of hydrogen-bond acceptors (Lipinski definition) is 5. The maximum absolute atomic E-state index is 10.6. The summed E-state index contributed by atoms with van der Waals surface area (Å²) in [7, 11) is 0. The molecule has 0 bridgehead atoms. The van der Waals surface area contributed by atoms with Gasteiger partial charge in [-0.05, 0) is 30.7 Å². The molecule has 0 fully saturated rings. The SMILES string of the molecule is Cc1cc(Oc2ccc([N+](=O)[O-])c(N)n2)ccc1Cl. The molecule has 0 saturated carbocycles. The zero-order chi connectivity index (χ0) is 14.0. The lowest BCUT2D eigenvalue weighted by Crippen LogP contribution is -1.99. The van der Waals surface area contributed by atoms with Gasteiger partial charge in [0, 0.05) is 17.2 Å². The van der Waals surface area contributed by atoms with Crippen LogP contribution in [0.5, 0.6) is 11.6 Å². The number of anilines is 1. The Balaban J connectivity index is 2.26. The summed E-state index contributed by atoms with van der Waals surface area (Å²) in [6.45, 7) is 1.84. The average molecular weight is 280 g/mol. The van der Waals surface area contributed by atoms with E-state index in [9.17, 15) is 10.1 Å². The molecule has 2 rings (SSSR count). The smallest absolute Gasteiger partial charge is 0.311 e. The zero-order valence-electron chi connectivity index (χ0n) is 9.96. The number of nitrogens with two attached hydrogens (primary N) is 1. The topological polar surface area (TPSA) is 91.3 Å². The van der Waals surface area contributed by atoms with E-state index in [1.165, 1.54) is 12.1 Å². The molecule has 0 unspecified atom stereocenters. The van der Waals surface area contributed by atoms with Crippen LogP contribution >= 0.6 is 11.6 Å². The molecule has 7 heteroatoms. The van der Waals surface area contributed by atoms with Crippen molar-refractivity contribution in [2.45, 2.75) is 6.92 Å². The number of rotatable bonds is 3. The summed E-state index contributed by atoms with van der Waals surface area (Å²) in [5.74, 6) is 0.528. The predicted octanol–water partition coefficient (Wildman–Crippen LogP) is 3.33. The Hall–Kier alpha value is -2.34. The van der Waals surface area contributed by atoms with Crippen LogP contribution in [0.1, 0.15) is 5.56 Å². The Labute approximate surface area is 113 Å². The van der Waals surface area contributed by atoms with Gasteiger partial charge < -0.3 is 10.5 Å². The molecular formula is C12H10ClN3O3. The number of nitro groups is 1. The summed E-state index contributed by atoms with van der Waals surface area (Å²) in [4.78, 5) is 13.8. The third-order valence-corrected chi connectivity index (χ3v) is 2.85. The summed E-state index contributed by atoms with van der Waals surface area (Å²) in [5.41, 5.74) is 6.08. The Morgan fingerprint density at radius 2 is 2.11 bits per heavy atom. The van der Waals surface area contributed by atoms with Crippen molar-refractivity contribution in [1.82, 2.24) is 4.98 Å². The molecule has 2 aromatic rings. The molecular weight excluding hydrogens is 270 g/mol. The second-order valence-corrected chi connectivity index (χ2v) is 4.23. The fourth-order valence-electron chi connectivity index (χ4n) is 1.46. The third kappa shape index (κ3) is 2.92. The van der Waals surface area contributed by atoms with Crippen LogP contribution in [0.4, 0.5) is 11.5 Å². The van der Waals surface area contributed by atoms with Crippen molar-refractivity contribution in [2.75, 3.05) is 5.73 Å². The molecule has 0 atom stereocenters. The molecule has 0 aliphatic heterocycles. The van der Waals surface area contributed by atoms with E-state index in [4.69, 9.17) is 22.1 Å². The van der Waals surface area contributed by atoms with E-state index in [1.807, 2.05) is 6.92 Å². The minimum Gasteiger partial charge on any atom is -0.439 e. The van der Waals surface area contributed by atoms with Crippen LogP contribution in [0, 0.1) is 17.0 Å². The van der Waals surface area contributed by atoms with Gasteiger partial charge in [-0.25, -0.2) is 0 Å². The molecule has 0 amide bonds. The first-order chi connectivity index (χ1) is 8.97. The molecule has 1 heterocycles. The lowest BCUT2D eigenvalue weighted by Gasteiger charge is -2.07. The number of halogens is 1. The van der Waals surface area contributed by atoms with Crippen molar-refractivity contribution in [2.24, 2.45) is 0 Å². The van der Waals surface area contributed by atoms with Gasteiger partial charge in [-0.1, -0.05) is 11.6 Å². The minimum absolute atomic E-state index is 0.185. The molecule has 0 aliphatic rings. The lowest BCUT2D eigenvalue weighted by molar-refractivity contribution is -0.384. The largest absolute Gasteiger partial charge is 0.439 e. The number of benzene rings is 1. The predicted molar refractivity (Wildman–Crippen MR) is 71.6 cm³/mol. The standard InChI is InChI=1S/C12H10ClN3O3/c1-7-6-8(2-3-9(7)13)19-11-5-4-10(16(17)18)12(14)15-11/h2-6H,1H3,(H2,14,15). The second kappa shape index (κ2) is 5.11. The van der Waals surface area contributed by atoms with Crippen molar-refractivity contribution in [3.63, 3.8) is 0 Å². The van der Waals surface area contributed by atoms with E-state index in [0.29, 0.717) is 10.8 Å². The van der Waals surface area contributed by atoms with E-state index in [1.54, 1.807) is 18.2 Å². The monoisotopic (exact) mass is 279 g/mol. The van der Waals surface area contributed by atoms with E-state index in [-0.39, 0.29) is 17.4 Å². The number of hydrogen-bond donors (Lipinski definition) is 1. The van der Waals surface area contributed by atoms with Crippen molar-refractivity contribution in [3.05, 3.63) is 51.0 Å². The van der Waals surface area contributed by atoms with Gasteiger partial charge in [0.1, 0.15) is 5.75 Å². The zero-order valence-corrected chi connectivity index (χ0v) is 10.7. The average Bonchev–Trinajstić information content (AvgIpc) is 2.33. The van der Waals surface area contributed by atoms with Crippen LogP contribution in [0.25, 0.3) is 0 Å². The molecule has 1 aromatic heterocycles. The quantitative estimate of drug-likeness (QED) is 0.687. The highest BCUT2D eigenvalue weighted by Crippen LogP contribution is 2.27. The van der Waals surface area contributed by atoms with Gasteiger partial charge in [0.25, 0.3) is 0 Å². The summed E-state index contributed by atoms with van der Waals surface area (Å²) in [6.07, 6.45) is 0. The van der Waals surface area contributed by atoms with E-state index in [2.05, 4.69) is 4.98 Å². The number of pyridine rings is 1. The summed E-state index contributed by atoms with van der Waals surface area (Å²) in [5, 5.41) is 11.2. The van der Waals surface area contributed by atoms with Gasteiger partial charge in [-0.2, -0.15) is 4.98 Å². The van der Waals surface area contributed by atoms with Crippen LogP contribution in [0.2, 0.25) is 5.02 Å². The minimum atomic E-state index is -0.599. The lowest BCUT2D eigenvalue weighted by atomic mass is 10.2. The van der Waals surface area contributed by atoms with Crippen molar-refractivity contribution in [1.29, 1.82) is 0 Å². The fourth-order valence-corrected chi connectivity index (χ4v) is 1.58. The molecule has 0 aliphatic carbocycles. The van der Waals surface area contributed by atoms with Gasteiger partial charge in [0.15, 0.2) is 0 Å². The van der Waals surface area contributed by atoms with E-state index in [0.717, 1.165) is 5.56 Å². The molecule has 0 radical (unpaired) electrons. The number of aromatic nitrogens is 1. The molecule has 6 nitrogen and oxygen atoms in total. The van der Waals surface area contributed by atoms with E-state index >= 15 is 0 Å². The summed E-state index contributed by atoms with van der Waals surface area (Å²) >= 11 is 5.90. The van der Waals surface area contributed by atoms with Crippen molar-refractivity contribution >= 4 is 23.1 Å². The number of nitrogen functional groups attached to an aromatic ring is 1. The summed E-state index contributed by atoms with van der Waals surface area (Å²) < 4.78 is 5.46. The van der Waals surface area contributed by atoms with Crippen LogP contribution in [-0.4, -0.2) is 9.91 Å². The first-order valence-corrected chi connectivity index (χ1v) is 5.70. The Morgan fingerprint density at radius 3 is 2.68 bits per heavy atom. The molecule has 2 N–H and O–H groups in total. The van der Waals surface area contributed by atoms with E-state index < -0.39 is 4.92 Å². The molecule has 1 aromatic carbocycles. The maximum Gasteiger partial charge on any atom is 0.311 e. The van der Waals surface area contributed by atoms with Gasteiger partial charge in [-0.3, -0.25) is 10.1 Å². The van der Waals surface area contributed by atoms with Gasteiger partial charge in [-0.15, -0.1) is 0 Å². The van der Waals surface area contributed by atoms with Crippen molar-refractivity contribution in [3.8, 4) is 11.6 Å². The number of ether oxygens (including phenoxy) is 1.